The molecular formula is C16H23N5O3S. The first-order valence-corrected chi connectivity index (χ1v) is 9.78. The molecule has 3 rings (SSSR count). The fraction of sp³-hybridized carbons (Fsp3) is 0.562. The molecule has 3 heterocycles. The van der Waals surface area contributed by atoms with Gasteiger partial charge in [0.2, 0.25) is 15.9 Å². The normalized spacial score (nSPS) is 18.6. The van der Waals surface area contributed by atoms with Crippen LogP contribution in [0, 0.1) is 20.8 Å². The van der Waals surface area contributed by atoms with Gasteiger partial charge in [0.25, 0.3) is 0 Å². The Morgan fingerprint density at radius 1 is 1.24 bits per heavy atom. The lowest BCUT2D eigenvalue weighted by atomic mass is 10.3. The van der Waals surface area contributed by atoms with E-state index < -0.39 is 10.0 Å². The van der Waals surface area contributed by atoms with Crippen LogP contribution >= 0.6 is 0 Å². The van der Waals surface area contributed by atoms with Crippen LogP contribution in [0.4, 0.5) is 0 Å². The molecule has 0 saturated carbocycles. The van der Waals surface area contributed by atoms with Crippen molar-refractivity contribution >= 4 is 10.0 Å². The molecule has 0 amide bonds. The monoisotopic (exact) mass is 365 g/mol. The molecule has 0 aromatic carbocycles. The van der Waals surface area contributed by atoms with E-state index in [0.29, 0.717) is 48.2 Å². The summed E-state index contributed by atoms with van der Waals surface area (Å²) in [4.78, 5) is 0.310. The lowest BCUT2D eigenvalue weighted by Crippen LogP contribution is -2.31. The maximum atomic E-state index is 13.0. The van der Waals surface area contributed by atoms with Crippen LogP contribution in [0.5, 0.6) is 5.88 Å². The highest BCUT2D eigenvalue weighted by atomic mass is 32.2. The molecule has 0 radical (unpaired) electrons. The molecule has 1 aliphatic rings. The summed E-state index contributed by atoms with van der Waals surface area (Å²) in [5.41, 5.74) is 2.02. The second-order valence-corrected chi connectivity index (χ2v) is 8.10. The van der Waals surface area contributed by atoms with Gasteiger partial charge in [-0.25, -0.2) is 8.42 Å². The van der Waals surface area contributed by atoms with Crippen molar-refractivity contribution in [3.05, 3.63) is 29.2 Å². The van der Waals surface area contributed by atoms with Crippen molar-refractivity contribution < 1.29 is 13.2 Å². The highest BCUT2D eigenvalue weighted by Gasteiger charge is 2.37. The highest BCUT2D eigenvalue weighted by Crippen LogP contribution is 2.27. The fourth-order valence-electron chi connectivity index (χ4n) is 3.12. The van der Waals surface area contributed by atoms with Crippen molar-refractivity contribution in [1.82, 2.24) is 24.3 Å². The summed E-state index contributed by atoms with van der Waals surface area (Å²) in [5, 5.41) is 12.3. The van der Waals surface area contributed by atoms with Crippen molar-refractivity contribution in [2.45, 2.75) is 51.7 Å². The zero-order valence-corrected chi connectivity index (χ0v) is 15.7. The topological polar surface area (TPSA) is 90.2 Å². The Kier molecular flexibility index (Phi) is 4.79. The zero-order chi connectivity index (χ0) is 18.2. The molecule has 0 spiro atoms. The third-order valence-corrected chi connectivity index (χ3v) is 6.50. The Balaban J connectivity index is 1.77. The van der Waals surface area contributed by atoms with Gasteiger partial charge >= 0.3 is 0 Å². The van der Waals surface area contributed by atoms with E-state index in [4.69, 9.17) is 4.74 Å². The lowest BCUT2D eigenvalue weighted by Gasteiger charge is -2.17. The number of aromatic nitrogens is 4. The summed E-state index contributed by atoms with van der Waals surface area (Å²) in [6.07, 6.45) is 0.392. The van der Waals surface area contributed by atoms with E-state index >= 15 is 0 Å². The third-order valence-electron chi connectivity index (χ3n) is 4.38. The SMILES string of the molecule is CCn1nc(C)c(S(=O)(=O)N2CCC(Oc3ccc(C)nn3)C2)c1C. The number of sulfonamides is 1. The molecule has 1 aliphatic heterocycles. The molecule has 0 bridgehead atoms. The molecule has 2 aromatic heterocycles. The van der Waals surface area contributed by atoms with E-state index in [-0.39, 0.29) is 6.10 Å². The highest BCUT2D eigenvalue weighted by molar-refractivity contribution is 7.89. The molecule has 0 aliphatic carbocycles. The Labute approximate surface area is 147 Å². The second-order valence-electron chi connectivity index (χ2n) is 6.22. The standard InChI is InChI=1S/C16H23N5O3S/c1-5-21-13(4)16(12(3)19-21)25(22,23)20-9-8-14(10-20)24-15-7-6-11(2)17-18-15/h6-7,14H,5,8-10H2,1-4H3. The van der Waals surface area contributed by atoms with E-state index in [2.05, 4.69) is 15.3 Å². The summed E-state index contributed by atoms with van der Waals surface area (Å²) >= 11 is 0. The van der Waals surface area contributed by atoms with Gasteiger partial charge in [-0.3, -0.25) is 4.68 Å². The third kappa shape index (κ3) is 3.38. The van der Waals surface area contributed by atoms with Gasteiger partial charge < -0.3 is 4.74 Å². The van der Waals surface area contributed by atoms with E-state index in [1.165, 1.54) is 4.31 Å². The van der Waals surface area contributed by atoms with Crippen LogP contribution in [-0.2, 0) is 16.6 Å². The van der Waals surface area contributed by atoms with E-state index in [1.807, 2.05) is 19.9 Å². The van der Waals surface area contributed by atoms with Gasteiger partial charge in [-0.15, -0.1) is 5.10 Å². The minimum atomic E-state index is -3.59. The Morgan fingerprint density at radius 3 is 2.60 bits per heavy atom. The van der Waals surface area contributed by atoms with E-state index in [9.17, 15) is 8.42 Å². The van der Waals surface area contributed by atoms with Crippen molar-refractivity contribution in [3.63, 3.8) is 0 Å². The molecule has 8 nitrogen and oxygen atoms in total. The van der Waals surface area contributed by atoms with Gasteiger partial charge in [-0.2, -0.15) is 14.5 Å². The number of nitrogens with zero attached hydrogens (tertiary/aromatic N) is 5. The summed E-state index contributed by atoms with van der Waals surface area (Å²) in [5.74, 6) is 0.418. The molecule has 0 N–H and O–H groups in total. The van der Waals surface area contributed by atoms with Crippen LogP contribution in [0.2, 0.25) is 0 Å². The molecule has 2 aromatic rings. The molecule has 25 heavy (non-hydrogen) atoms. The summed E-state index contributed by atoms with van der Waals surface area (Å²) in [7, 11) is -3.59. The molecule has 1 unspecified atom stereocenters. The molecule has 1 fully saturated rings. The Bertz CT molecular complexity index is 861. The predicted molar refractivity (Wildman–Crippen MR) is 91.9 cm³/mol. The van der Waals surface area contributed by atoms with Crippen LogP contribution in [0.15, 0.2) is 17.0 Å². The quantitative estimate of drug-likeness (QED) is 0.797. The van der Waals surface area contributed by atoms with Gasteiger partial charge in [-0.05, 0) is 40.2 Å². The van der Waals surface area contributed by atoms with Crippen LogP contribution < -0.4 is 4.74 Å². The van der Waals surface area contributed by atoms with Crippen molar-refractivity contribution in [1.29, 1.82) is 0 Å². The first kappa shape index (κ1) is 17.8. The molecular weight excluding hydrogens is 342 g/mol. The summed E-state index contributed by atoms with van der Waals surface area (Å²) in [6.45, 7) is 8.68. The maximum absolute atomic E-state index is 13.0. The number of rotatable bonds is 5. The first-order valence-electron chi connectivity index (χ1n) is 8.34. The predicted octanol–water partition coefficient (Wildman–Crippen LogP) is 1.46. The Morgan fingerprint density at radius 2 is 2.00 bits per heavy atom. The lowest BCUT2D eigenvalue weighted by molar-refractivity contribution is 0.204. The average Bonchev–Trinajstić information content (AvgIpc) is 3.14. The number of hydrogen-bond acceptors (Lipinski definition) is 6. The van der Waals surface area contributed by atoms with Crippen LogP contribution in [-0.4, -0.2) is 51.9 Å². The van der Waals surface area contributed by atoms with E-state index in [1.54, 1.807) is 24.6 Å². The van der Waals surface area contributed by atoms with E-state index in [0.717, 1.165) is 5.69 Å². The van der Waals surface area contributed by atoms with Gasteiger partial charge in [0, 0.05) is 19.2 Å². The molecule has 1 saturated heterocycles. The Hall–Kier alpha value is -2.00. The summed E-state index contributed by atoms with van der Waals surface area (Å²) < 4.78 is 35.0. The maximum Gasteiger partial charge on any atom is 0.246 e. The molecule has 9 heteroatoms. The fourth-order valence-corrected chi connectivity index (χ4v) is 4.98. The number of hydrogen-bond donors (Lipinski definition) is 0. The number of aryl methyl sites for hydroxylation is 3. The van der Waals surface area contributed by atoms with Crippen LogP contribution in [0.25, 0.3) is 0 Å². The second kappa shape index (κ2) is 6.72. The van der Waals surface area contributed by atoms with Gasteiger partial charge in [0.15, 0.2) is 0 Å². The average molecular weight is 365 g/mol. The van der Waals surface area contributed by atoms with Crippen molar-refractivity contribution in [3.8, 4) is 5.88 Å². The van der Waals surface area contributed by atoms with Crippen LogP contribution in [0.3, 0.4) is 0 Å². The van der Waals surface area contributed by atoms with Gasteiger partial charge in [-0.1, -0.05) is 0 Å². The van der Waals surface area contributed by atoms with Crippen LogP contribution in [0.1, 0.15) is 30.4 Å². The minimum Gasteiger partial charge on any atom is -0.472 e. The summed E-state index contributed by atoms with van der Waals surface area (Å²) in [6, 6.07) is 3.57. The largest absolute Gasteiger partial charge is 0.472 e. The molecule has 1 atom stereocenters. The van der Waals surface area contributed by atoms with Gasteiger partial charge in [0.1, 0.15) is 11.0 Å². The smallest absolute Gasteiger partial charge is 0.246 e. The zero-order valence-electron chi connectivity index (χ0n) is 14.9. The first-order chi connectivity index (χ1) is 11.8. The van der Waals surface area contributed by atoms with Crippen molar-refractivity contribution in [2.75, 3.05) is 13.1 Å². The minimum absolute atomic E-state index is 0.228. The van der Waals surface area contributed by atoms with Gasteiger partial charge in [0.05, 0.1) is 23.6 Å². The number of ether oxygens (including phenoxy) is 1. The van der Waals surface area contributed by atoms with Crippen molar-refractivity contribution in [2.24, 2.45) is 0 Å². The molecule has 136 valence electrons.